The predicted octanol–water partition coefficient (Wildman–Crippen LogP) is -0.536. The van der Waals surface area contributed by atoms with E-state index in [1.165, 1.54) is 18.6 Å². The fourth-order valence-electron chi connectivity index (χ4n) is 2.93. The molecule has 0 radical (unpaired) electrons. The van der Waals surface area contributed by atoms with Gasteiger partial charge in [0.15, 0.2) is 5.54 Å². The number of hydrogen-bond donors (Lipinski definition) is 3. The average molecular weight is 385 g/mol. The molecule has 4 amide bonds. The summed E-state index contributed by atoms with van der Waals surface area (Å²) in [5.74, 6) is 0.104. The van der Waals surface area contributed by atoms with Gasteiger partial charge in [0, 0.05) is 19.4 Å². The molecule has 28 heavy (non-hydrogen) atoms. The Hall–Kier alpha value is -3.50. The highest BCUT2D eigenvalue weighted by atomic mass is 16.5. The van der Waals surface area contributed by atoms with E-state index in [9.17, 15) is 14.4 Å². The molecule has 0 aromatic carbocycles. The first-order chi connectivity index (χ1) is 13.5. The highest BCUT2D eigenvalue weighted by molar-refractivity contribution is 6.07. The Labute approximate surface area is 159 Å². The quantitative estimate of drug-likeness (QED) is 0.544. The maximum absolute atomic E-state index is 12.4. The molecule has 2 aliphatic rings. The van der Waals surface area contributed by atoms with Crippen LogP contribution in [0.3, 0.4) is 0 Å². The zero-order chi connectivity index (χ0) is 19.7. The third-order valence-electron chi connectivity index (χ3n) is 4.68. The lowest BCUT2D eigenvalue weighted by Gasteiger charge is -2.25. The molecule has 146 valence electrons. The largest absolute Gasteiger partial charge is 0.476 e. The summed E-state index contributed by atoms with van der Waals surface area (Å²) in [5, 5.41) is 7.36. The van der Waals surface area contributed by atoms with Crippen molar-refractivity contribution in [3.05, 3.63) is 36.3 Å². The fraction of sp³-hybridized carbons (Fsp3) is 0.412. The van der Waals surface area contributed by atoms with E-state index < -0.39 is 23.4 Å². The molecule has 11 nitrogen and oxygen atoms in total. The Morgan fingerprint density at radius 2 is 2.14 bits per heavy atom. The number of rotatable bonds is 7. The molecule has 0 spiro atoms. The molecule has 2 aromatic heterocycles. The van der Waals surface area contributed by atoms with Crippen LogP contribution in [0, 0.1) is 5.92 Å². The minimum Gasteiger partial charge on any atom is -0.476 e. The molecule has 4 rings (SSSR count). The lowest BCUT2D eigenvalue weighted by molar-refractivity contribution is -0.124. The van der Waals surface area contributed by atoms with Gasteiger partial charge in [0.2, 0.25) is 5.88 Å². The van der Waals surface area contributed by atoms with E-state index >= 15 is 0 Å². The van der Waals surface area contributed by atoms with Crippen LogP contribution >= 0.6 is 0 Å². The summed E-state index contributed by atoms with van der Waals surface area (Å²) < 4.78 is 7.09. The highest BCUT2D eigenvalue weighted by Gasteiger charge is 2.50. The molecule has 2 fully saturated rings. The van der Waals surface area contributed by atoms with Crippen molar-refractivity contribution in [2.75, 3.05) is 13.2 Å². The lowest BCUT2D eigenvalue weighted by Crippen LogP contribution is -2.54. The predicted molar refractivity (Wildman–Crippen MR) is 94.1 cm³/mol. The monoisotopic (exact) mass is 385 g/mol. The summed E-state index contributed by atoms with van der Waals surface area (Å²) in [6.07, 6.45) is 8.16. The standard InChI is InChI=1S/C17H19N7O4/c1-24-5-4-18-14(24)17(15(26)22-16(27)23-17)9-21-13(25)11-6-20-12(7-19-11)28-8-10-2-3-10/h4-7,10H,2-3,8-9H2,1H3,(H,21,25)(H2,22,23,26,27). The minimum atomic E-state index is -1.51. The number of urea groups is 1. The number of nitrogens with zero attached hydrogens (tertiary/aromatic N) is 4. The van der Waals surface area contributed by atoms with E-state index in [2.05, 4.69) is 30.9 Å². The van der Waals surface area contributed by atoms with Gasteiger partial charge in [-0.1, -0.05) is 0 Å². The van der Waals surface area contributed by atoms with Crippen molar-refractivity contribution in [3.8, 4) is 5.88 Å². The van der Waals surface area contributed by atoms with Crippen molar-refractivity contribution in [1.82, 2.24) is 35.5 Å². The van der Waals surface area contributed by atoms with Crippen LogP contribution in [-0.4, -0.2) is 50.5 Å². The lowest BCUT2D eigenvalue weighted by atomic mass is 9.98. The number of hydrogen-bond acceptors (Lipinski definition) is 7. The third kappa shape index (κ3) is 3.38. The number of amides is 4. The zero-order valence-electron chi connectivity index (χ0n) is 15.1. The van der Waals surface area contributed by atoms with Crippen molar-refractivity contribution in [2.45, 2.75) is 18.4 Å². The highest BCUT2D eigenvalue weighted by Crippen LogP contribution is 2.29. The summed E-state index contributed by atoms with van der Waals surface area (Å²) in [7, 11) is 1.69. The molecule has 1 saturated carbocycles. The Kier molecular flexibility index (Phi) is 4.41. The Morgan fingerprint density at radius 3 is 2.71 bits per heavy atom. The van der Waals surface area contributed by atoms with Gasteiger partial charge in [-0.15, -0.1) is 0 Å². The van der Waals surface area contributed by atoms with Gasteiger partial charge >= 0.3 is 6.03 Å². The van der Waals surface area contributed by atoms with Gasteiger partial charge < -0.3 is 19.9 Å². The number of carbonyl (C=O) groups is 3. The molecule has 11 heteroatoms. The second kappa shape index (κ2) is 6.91. The number of imide groups is 1. The molecule has 1 aliphatic heterocycles. The number of imidazole rings is 1. The fourth-order valence-corrected chi connectivity index (χ4v) is 2.93. The van der Waals surface area contributed by atoms with Crippen molar-refractivity contribution in [3.63, 3.8) is 0 Å². The summed E-state index contributed by atoms with van der Waals surface area (Å²) in [6.45, 7) is 0.400. The minimum absolute atomic E-state index is 0.0680. The van der Waals surface area contributed by atoms with Crippen LogP contribution in [0.4, 0.5) is 4.79 Å². The molecular weight excluding hydrogens is 366 g/mol. The van der Waals surface area contributed by atoms with E-state index in [-0.39, 0.29) is 12.2 Å². The number of aromatic nitrogens is 4. The number of ether oxygens (including phenoxy) is 1. The van der Waals surface area contributed by atoms with E-state index in [1.807, 2.05) is 0 Å². The van der Waals surface area contributed by atoms with Gasteiger partial charge in [0.1, 0.15) is 11.5 Å². The van der Waals surface area contributed by atoms with Gasteiger partial charge in [0.25, 0.3) is 11.8 Å². The molecule has 2 aromatic rings. The maximum atomic E-state index is 12.4. The van der Waals surface area contributed by atoms with E-state index in [0.29, 0.717) is 24.2 Å². The van der Waals surface area contributed by atoms with Crippen molar-refractivity contribution >= 4 is 17.8 Å². The molecule has 3 heterocycles. The number of aryl methyl sites for hydroxylation is 1. The smallest absolute Gasteiger partial charge is 0.322 e. The maximum Gasteiger partial charge on any atom is 0.322 e. The van der Waals surface area contributed by atoms with Crippen LogP contribution in [-0.2, 0) is 17.4 Å². The summed E-state index contributed by atoms with van der Waals surface area (Å²) in [4.78, 5) is 48.9. The van der Waals surface area contributed by atoms with Gasteiger partial charge in [-0.05, 0) is 18.8 Å². The van der Waals surface area contributed by atoms with Crippen molar-refractivity contribution < 1.29 is 19.1 Å². The van der Waals surface area contributed by atoms with Crippen molar-refractivity contribution in [1.29, 1.82) is 0 Å². The summed E-state index contributed by atoms with van der Waals surface area (Å²) in [5.41, 5.74) is -1.44. The second-order valence-corrected chi connectivity index (χ2v) is 6.85. The Morgan fingerprint density at radius 1 is 1.32 bits per heavy atom. The number of nitrogens with one attached hydrogen (secondary N) is 3. The summed E-state index contributed by atoms with van der Waals surface area (Å²) in [6, 6.07) is -0.654. The van der Waals surface area contributed by atoms with Crippen LogP contribution < -0.4 is 20.7 Å². The molecular formula is C17H19N7O4. The van der Waals surface area contributed by atoms with Crippen LogP contribution in [0.15, 0.2) is 24.8 Å². The third-order valence-corrected chi connectivity index (χ3v) is 4.68. The number of carbonyl (C=O) groups excluding carboxylic acids is 3. The van der Waals surface area contributed by atoms with Gasteiger partial charge in [-0.3, -0.25) is 14.9 Å². The topological polar surface area (TPSA) is 140 Å². The molecule has 0 bridgehead atoms. The van der Waals surface area contributed by atoms with Gasteiger partial charge in [-0.2, -0.15) is 0 Å². The first kappa shape index (κ1) is 17.9. The summed E-state index contributed by atoms with van der Waals surface area (Å²) >= 11 is 0. The van der Waals surface area contributed by atoms with Gasteiger partial charge in [-0.25, -0.2) is 19.7 Å². The van der Waals surface area contributed by atoms with E-state index in [4.69, 9.17) is 4.74 Å². The SMILES string of the molecule is Cn1ccnc1C1(CNC(=O)c2cnc(OCC3CC3)cn2)NC(=O)NC1=O. The molecule has 1 aliphatic carbocycles. The first-order valence-electron chi connectivity index (χ1n) is 8.82. The Bertz CT molecular complexity index is 922. The first-order valence-corrected chi connectivity index (χ1v) is 8.82. The van der Waals surface area contributed by atoms with Crippen LogP contribution in [0.1, 0.15) is 29.2 Å². The van der Waals surface area contributed by atoms with Crippen LogP contribution in [0.25, 0.3) is 0 Å². The molecule has 1 unspecified atom stereocenters. The Balaban J connectivity index is 1.45. The molecule has 1 saturated heterocycles. The average Bonchev–Trinajstić information content (AvgIpc) is 3.34. The normalized spacial score (nSPS) is 21.2. The van der Waals surface area contributed by atoms with E-state index in [1.54, 1.807) is 17.8 Å². The van der Waals surface area contributed by atoms with Crippen molar-refractivity contribution in [2.24, 2.45) is 13.0 Å². The van der Waals surface area contributed by atoms with Crippen LogP contribution in [0.2, 0.25) is 0 Å². The molecule has 1 atom stereocenters. The second-order valence-electron chi connectivity index (χ2n) is 6.85. The van der Waals surface area contributed by atoms with Crippen LogP contribution in [0.5, 0.6) is 5.88 Å². The van der Waals surface area contributed by atoms with Gasteiger partial charge in [0.05, 0.1) is 25.5 Å². The van der Waals surface area contributed by atoms with E-state index in [0.717, 1.165) is 12.8 Å². The zero-order valence-corrected chi connectivity index (χ0v) is 15.1. The molecule has 3 N–H and O–H groups in total.